The van der Waals surface area contributed by atoms with Crippen LogP contribution in [0.2, 0.25) is 0 Å². The van der Waals surface area contributed by atoms with Gasteiger partial charge in [0.15, 0.2) is 8.07 Å². The molecule has 0 saturated carbocycles. The maximum atomic E-state index is 2.60. The van der Waals surface area contributed by atoms with Crippen molar-refractivity contribution in [2.75, 3.05) is 0 Å². The van der Waals surface area contributed by atoms with Crippen molar-refractivity contribution in [3.8, 4) is 22.3 Å². The van der Waals surface area contributed by atoms with Gasteiger partial charge in [-0.1, -0.05) is 182 Å². The van der Waals surface area contributed by atoms with Crippen molar-refractivity contribution in [2.45, 2.75) is 5.41 Å². The van der Waals surface area contributed by atoms with Gasteiger partial charge in [0.1, 0.15) is 0 Å². The van der Waals surface area contributed by atoms with Gasteiger partial charge in [-0.3, -0.25) is 0 Å². The van der Waals surface area contributed by atoms with Crippen LogP contribution in [-0.2, 0) is 5.41 Å². The zero-order valence-electron chi connectivity index (χ0n) is 24.3. The molecule has 1 spiro atoms. The Kier molecular flexibility index (Phi) is 5.54. The van der Waals surface area contributed by atoms with E-state index >= 15 is 0 Å². The fourth-order valence-corrected chi connectivity index (χ4v) is 13.2. The summed E-state index contributed by atoms with van der Waals surface area (Å²) in [4.78, 5) is 0. The van der Waals surface area contributed by atoms with E-state index in [9.17, 15) is 0 Å². The molecule has 0 radical (unpaired) electrons. The number of hydrogen-bond acceptors (Lipinski definition) is 0. The molecule has 0 heterocycles. The Balaban J connectivity index is 1.44. The van der Waals surface area contributed by atoms with E-state index in [4.69, 9.17) is 0 Å². The first-order chi connectivity index (χ1) is 21.8. The van der Waals surface area contributed by atoms with Crippen LogP contribution in [0.15, 0.2) is 182 Å². The molecule has 2 aliphatic rings. The van der Waals surface area contributed by atoms with Crippen LogP contribution in [0.3, 0.4) is 0 Å². The summed E-state index contributed by atoms with van der Waals surface area (Å²) in [5, 5.41) is 5.60. The van der Waals surface area contributed by atoms with Crippen LogP contribution >= 0.6 is 0 Å². The molecule has 0 nitrogen and oxygen atoms in total. The van der Waals surface area contributed by atoms with Crippen molar-refractivity contribution in [2.24, 2.45) is 0 Å². The van der Waals surface area contributed by atoms with Gasteiger partial charge in [0.05, 0.1) is 5.41 Å². The smallest absolute Gasteiger partial charge is 0.0623 e. The second-order valence-electron chi connectivity index (χ2n) is 12.0. The molecule has 206 valence electrons. The maximum absolute atomic E-state index is 2.70. The molecule has 0 amide bonds. The molecule has 7 aromatic carbocycles. The molecule has 1 heteroatoms. The molecule has 0 saturated heterocycles. The van der Waals surface area contributed by atoms with Crippen LogP contribution in [0.1, 0.15) is 22.3 Å². The summed E-state index contributed by atoms with van der Waals surface area (Å²) in [5.74, 6) is 0. The summed E-state index contributed by atoms with van der Waals surface area (Å²) < 4.78 is 0. The lowest BCUT2D eigenvalue weighted by atomic mass is 9.70. The fraction of sp³-hybridized carbons (Fsp3) is 0.0233. The third kappa shape index (κ3) is 3.22. The fourth-order valence-electron chi connectivity index (χ4n) is 8.39. The van der Waals surface area contributed by atoms with E-state index in [-0.39, 0.29) is 5.41 Å². The number of benzene rings is 7. The van der Waals surface area contributed by atoms with E-state index in [2.05, 4.69) is 182 Å². The Morgan fingerprint density at radius 2 is 0.614 bits per heavy atom. The number of hydrogen-bond donors (Lipinski definition) is 0. The lowest BCUT2D eigenvalue weighted by molar-refractivity contribution is 0.794. The highest BCUT2D eigenvalue weighted by Crippen LogP contribution is 2.62. The number of fused-ring (bicyclic) bond motifs is 10. The molecule has 0 aromatic heterocycles. The van der Waals surface area contributed by atoms with Crippen molar-refractivity contribution in [1.29, 1.82) is 0 Å². The molecule has 0 fully saturated rings. The summed E-state index contributed by atoms with van der Waals surface area (Å²) in [7, 11) is -2.70. The zero-order valence-corrected chi connectivity index (χ0v) is 25.3. The second kappa shape index (κ2) is 9.64. The predicted molar refractivity (Wildman–Crippen MR) is 186 cm³/mol. The summed E-state index contributed by atoms with van der Waals surface area (Å²) in [5.41, 5.74) is 10.6. The Hall–Kier alpha value is -5.24. The molecule has 0 unspecified atom stereocenters. The van der Waals surface area contributed by atoms with E-state index in [1.807, 2.05) is 0 Å². The lowest BCUT2D eigenvalue weighted by Gasteiger charge is -2.36. The van der Waals surface area contributed by atoms with Gasteiger partial charge < -0.3 is 0 Å². The zero-order chi connectivity index (χ0) is 29.1. The average molecular weight is 575 g/mol. The first kappa shape index (κ1) is 25.3. The van der Waals surface area contributed by atoms with Crippen molar-refractivity contribution < 1.29 is 0 Å². The third-order valence-electron chi connectivity index (χ3n) is 10.1. The SMILES string of the molecule is c1ccc([Si](c2ccccc2)(c2ccccc2)c2ccc3c(c2)C2(c4ccccc4-c4ccccc42)c2ccccc2-3)cc1. The Morgan fingerprint density at radius 1 is 0.273 bits per heavy atom. The summed E-state index contributed by atoms with van der Waals surface area (Å²) in [6.07, 6.45) is 0. The molecule has 0 atom stereocenters. The first-order valence-electron chi connectivity index (χ1n) is 15.5. The van der Waals surface area contributed by atoms with Crippen LogP contribution < -0.4 is 20.7 Å². The standard InChI is InChI=1S/C43H30Si/c1-4-16-31(17-5-1)44(32-18-6-2-7-19-32,33-20-8-3-9-21-33)34-28-29-38-37-24-12-15-27-41(37)43(42(38)30-34)39-25-13-10-22-35(39)36-23-11-14-26-40(36)43/h1-30H. The summed E-state index contributed by atoms with van der Waals surface area (Å²) in [6, 6.07) is 68.5. The molecule has 7 aromatic rings. The van der Waals surface area contributed by atoms with Gasteiger partial charge in [0.2, 0.25) is 0 Å². The van der Waals surface area contributed by atoms with Gasteiger partial charge in [-0.25, -0.2) is 0 Å². The highest BCUT2D eigenvalue weighted by molar-refractivity contribution is 7.19. The van der Waals surface area contributed by atoms with Gasteiger partial charge in [-0.15, -0.1) is 0 Å². The van der Waals surface area contributed by atoms with E-state index in [1.54, 1.807) is 0 Å². The van der Waals surface area contributed by atoms with Crippen LogP contribution in [-0.4, -0.2) is 8.07 Å². The molecule has 9 rings (SSSR count). The molecule has 0 bridgehead atoms. The molecular formula is C43H30Si. The van der Waals surface area contributed by atoms with Crippen LogP contribution in [0.25, 0.3) is 22.3 Å². The van der Waals surface area contributed by atoms with E-state index < -0.39 is 8.07 Å². The number of rotatable bonds is 4. The van der Waals surface area contributed by atoms with Crippen molar-refractivity contribution >= 4 is 28.8 Å². The van der Waals surface area contributed by atoms with E-state index in [1.165, 1.54) is 65.3 Å². The van der Waals surface area contributed by atoms with Crippen molar-refractivity contribution in [1.82, 2.24) is 0 Å². The first-order valence-corrected chi connectivity index (χ1v) is 17.5. The van der Waals surface area contributed by atoms with Crippen LogP contribution in [0.5, 0.6) is 0 Å². The molecule has 2 aliphatic carbocycles. The summed E-state index contributed by atoms with van der Waals surface area (Å²) in [6.45, 7) is 0. The van der Waals surface area contributed by atoms with Crippen molar-refractivity contribution in [3.63, 3.8) is 0 Å². The van der Waals surface area contributed by atoms with Gasteiger partial charge >= 0.3 is 0 Å². The molecule has 44 heavy (non-hydrogen) atoms. The van der Waals surface area contributed by atoms with Crippen LogP contribution in [0.4, 0.5) is 0 Å². The normalized spacial score (nSPS) is 13.6. The monoisotopic (exact) mass is 574 g/mol. The second-order valence-corrected chi connectivity index (χ2v) is 15.8. The van der Waals surface area contributed by atoms with Gasteiger partial charge in [-0.2, -0.15) is 0 Å². The van der Waals surface area contributed by atoms with Crippen molar-refractivity contribution in [3.05, 3.63) is 204 Å². The summed E-state index contributed by atoms with van der Waals surface area (Å²) >= 11 is 0. The van der Waals surface area contributed by atoms with Gasteiger partial charge in [0, 0.05) is 0 Å². The average Bonchev–Trinajstić information content (AvgIpc) is 3.57. The topological polar surface area (TPSA) is 0 Å². The molecule has 0 aliphatic heterocycles. The largest absolute Gasteiger partial charge is 0.179 e. The predicted octanol–water partition coefficient (Wildman–Crippen LogP) is 7.41. The van der Waals surface area contributed by atoms with Crippen LogP contribution in [0, 0.1) is 0 Å². The minimum absolute atomic E-state index is 0.362. The maximum Gasteiger partial charge on any atom is 0.179 e. The minimum Gasteiger partial charge on any atom is -0.0623 e. The third-order valence-corrected chi connectivity index (χ3v) is 14.8. The Bertz CT molecular complexity index is 2000. The highest BCUT2D eigenvalue weighted by Gasteiger charge is 2.52. The quantitative estimate of drug-likeness (QED) is 0.152. The molecule has 0 N–H and O–H groups in total. The van der Waals surface area contributed by atoms with E-state index in [0.717, 1.165) is 0 Å². The Morgan fingerprint density at radius 3 is 1.02 bits per heavy atom. The Labute approximate surface area is 260 Å². The lowest BCUT2D eigenvalue weighted by Crippen LogP contribution is -2.74. The minimum atomic E-state index is -2.70. The van der Waals surface area contributed by atoms with Gasteiger partial charge in [-0.05, 0) is 65.3 Å². The molecular weight excluding hydrogens is 545 g/mol. The van der Waals surface area contributed by atoms with E-state index in [0.29, 0.717) is 0 Å². The highest BCUT2D eigenvalue weighted by atomic mass is 28.3. The van der Waals surface area contributed by atoms with Gasteiger partial charge in [0.25, 0.3) is 0 Å².